The molecule has 0 saturated heterocycles. The number of aryl methyl sites for hydroxylation is 2. The van der Waals surface area contributed by atoms with E-state index < -0.39 is 0 Å². The van der Waals surface area contributed by atoms with Crippen molar-refractivity contribution in [3.05, 3.63) is 10.6 Å². The van der Waals surface area contributed by atoms with Gasteiger partial charge in [0.25, 0.3) is 0 Å². The van der Waals surface area contributed by atoms with Crippen molar-refractivity contribution in [2.45, 2.75) is 20.3 Å². The van der Waals surface area contributed by atoms with Crippen LogP contribution in [0.4, 0.5) is 5.13 Å². The van der Waals surface area contributed by atoms with Crippen LogP contribution in [0.15, 0.2) is 5.16 Å². The third-order valence-electron chi connectivity index (χ3n) is 2.62. The van der Waals surface area contributed by atoms with Gasteiger partial charge in [0, 0.05) is 31.5 Å². The average Bonchev–Trinajstić information content (AvgIpc) is 2.69. The number of thiazole rings is 1. The first-order chi connectivity index (χ1) is 8.58. The van der Waals surface area contributed by atoms with Crippen LogP contribution in [0.3, 0.4) is 0 Å². The van der Waals surface area contributed by atoms with Gasteiger partial charge in [-0.15, -0.1) is 11.3 Å². The van der Waals surface area contributed by atoms with Gasteiger partial charge in [0.2, 0.25) is 0 Å². The van der Waals surface area contributed by atoms with E-state index in [1.807, 2.05) is 6.92 Å². The highest BCUT2D eigenvalue weighted by molar-refractivity contribution is 7.15. The maximum atomic E-state index is 8.55. The summed E-state index contributed by atoms with van der Waals surface area (Å²) in [6.07, 6.45) is 0.498. The van der Waals surface area contributed by atoms with Crippen molar-refractivity contribution in [2.24, 2.45) is 10.9 Å². The van der Waals surface area contributed by atoms with Crippen molar-refractivity contribution >= 4 is 22.3 Å². The van der Waals surface area contributed by atoms with Crippen molar-refractivity contribution in [3.63, 3.8) is 0 Å². The molecular weight excluding hydrogens is 252 g/mol. The molecule has 1 aromatic rings. The van der Waals surface area contributed by atoms with Gasteiger partial charge in [0.1, 0.15) is 5.84 Å². The first kappa shape index (κ1) is 14.7. The highest BCUT2D eigenvalue weighted by Gasteiger charge is 2.12. The molecule has 0 atom stereocenters. The molecule has 0 aromatic carbocycles. The van der Waals surface area contributed by atoms with Crippen molar-refractivity contribution < 1.29 is 9.94 Å². The summed E-state index contributed by atoms with van der Waals surface area (Å²) >= 11 is 1.65. The number of hydrogen-bond acceptors (Lipinski definition) is 6. The van der Waals surface area contributed by atoms with Crippen LogP contribution >= 0.6 is 11.3 Å². The molecule has 0 saturated carbocycles. The van der Waals surface area contributed by atoms with Gasteiger partial charge in [-0.1, -0.05) is 5.16 Å². The lowest BCUT2D eigenvalue weighted by Gasteiger charge is -2.21. The van der Waals surface area contributed by atoms with E-state index in [0.29, 0.717) is 19.6 Å². The molecular formula is C11H20N4O2S. The number of oxime groups is 1. The maximum Gasteiger partial charge on any atom is 0.185 e. The predicted molar refractivity (Wildman–Crippen MR) is 73.7 cm³/mol. The number of nitrogens with zero attached hydrogens (tertiary/aromatic N) is 3. The number of nitrogens with two attached hydrogens (primary N) is 1. The molecule has 0 aliphatic carbocycles. The highest BCUT2D eigenvalue weighted by Crippen LogP contribution is 2.25. The maximum absolute atomic E-state index is 8.55. The van der Waals surface area contributed by atoms with E-state index in [4.69, 9.17) is 15.7 Å². The Morgan fingerprint density at radius 3 is 2.72 bits per heavy atom. The Hall–Kier alpha value is -1.34. The van der Waals surface area contributed by atoms with E-state index in [2.05, 4.69) is 22.0 Å². The molecule has 7 heteroatoms. The quantitative estimate of drug-likeness (QED) is 0.339. The smallest absolute Gasteiger partial charge is 0.185 e. The van der Waals surface area contributed by atoms with Crippen molar-refractivity contribution in [2.75, 3.05) is 31.7 Å². The molecule has 102 valence electrons. The molecule has 0 radical (unpaired) electrons. The molecule has 18 heavy (non-hydrogen) atoms. The van der Waals surface area contributed by atoms with Crippen LogP contribution in [0.2, 0.25) is 0 Å². The molecule has 1 aromatic heterocycles. The minimum absolute atomic E-state index is 0.224. The summed E-state index contributed by atoms with van der Waals surface area (Å²) in [6, 6.07) is 0. The molecule has 0 spiro atoms. The molecule has 0 amide bonds. The minimum atomic E-state index is 0.224. The normalized spacial score (nSPS) is 11.8. The largest absolute Gasteiger partial charge is 0.409 e. The third kappa shape index (κ3) is 4.15. The van der Waals surface area contributed by atoms with Crippen LogP contribution < -0.4 is 10.6 Å². The molecule has 1 rings (SSSR count). The molecule has 0 aliphatic rings. The van der Waals surface area contributed by atoms with Gasteiger partial charge in [0.15, 0.2) is 5.13 Å². The fourth-order valence-electron chi connectivity index (χ4n) is 1.40. The molecule has 0 bridgehead atoms. The zero-order valence-corrected chi connectivity index (χ0v) is 11.8. The second-order valence-corrected chi connectivity index (χ2v) is 5.14. The number of ether oxygens (including phenoxy) is 1. The Morgan fingerprint density at radius 2 is 2.22 bits per heavy atom. The number of anilines is 1. The number of aromatic nitrogens is 1. The number of rotatable bonds is 7. The standard InChI is InChI=1S/C11H20N4O2S/c1-8-9(2)18-11(13-8)15(6-7-17-3)5-4-10(12)14-16/h16H,4-7H2,1-3H3,(H2,12,14). The van der Waals surface area contributed by atoms with Gasteiger partial charge >= 0.3 is 0 Å². The minimum Gasteiger partial charge on any atom is -0.409 e. The molecule has 0 aliphatic heterocycles. The fraction of sp³-hybridized carbons (Fsp3) is 0.636. The number of hydrogen-bond donors (Lipinski definition) is 2. The van der Waals surface area contributed by atoms with E-state index in [1.165, 1.54) is 4.88 Å². The summed E-state index contributed by atoms with van der Waals surface area (Å²) in [5.41, 5.74) is 6.53. The fourth-order valence-corrected chi connectivity index (χ4v) is 2.36. The van der Waals surface area contributed by atoms with E-state index >= 15 is 0 Å². The Morgan fingerprint density at radius 1 is 1.50 bits per heavy atom. The van der Waals surface area contributed by atoms with Crippen LogP contribution in [-0.2, 0) is 4.74 Å². The Bertz CT molecular complexity index is 386. The lowest BCUT2D eigenvalue weighted by atomic mass is 10.3. The van der Waals surface area contributed by atoms with E-state index in [9.17, 15) is 0 Å². The van der Waals surface area contributed by atoms with E-state index in [-0.39, 0.29) is 5.84 Å². The molecule has 1 heterocycles. The monoisotopic (exact) mass is 272 g/mol. The summed E-state index contributed by atoms with van der Waals surface area (Å²) in [7, 11) is 1.67. The van der Waals surface area contributed by atoms with Gasteiger partial charge in [-0.2, -0.15) is 0 Å². The third-order valence-corrected chi connectivity index (χ3v) is 3.75. The lowest BCUT2D eigenvalue weighted by Crippen LogP contribution is -2.31. The van der Waals surface area contributed by atoms with Gasteiger partial charge in [-0.05, 0) is 13.8 Å². The molecule has 0 unspecified atom stereocenters. The van der Waals surface area contributed by atoms with Crippen molar-refractivity contribution in [1.82, 2.24) is 4.98 Å². The molecule has 0 fully saturated rings. The van der Waals surface area contributed by atoms with Crippen molar-refractivity contribution in [3.8, 4) is 0 Å². The second kappa shape index (κ2) is 7.17. The van der Waals surface area contributed by atoms with Crippen LogP contribution in [0.25, 0.3) is 0 Å². The van der Waals surface area contributed by atoms with Crippen LogP contribution in [0.5, 0.6) is 0 Å². The molecule has 3 N–H and O–H groups in total. The van der Waals surface area contributed by atoms with Gasteiger partial charge in [-0.3, -0.25) is 0 Å². The second-order valence-electron chi connectivity index (χ2n) is 3.96. The summed E-state index contributed by atoms with van der Waals surface area (Å²) < 4.78 is 5.09. The van der Waals surface area contributed by atoms with Gasteiger partial charge < -0.3 is 20.6 Å². The molecule has 6 nitrogen and oxygen atoms in total. The topological polar surface area (TPSA) is 84.0 Å². The summed E-state index contributed by atoms with van der Waals surface area (Å²) in [5.74, 6) is 0.224. The van der Waals surface area contributed by atoms with Crippen molar-refractivity contribution in [1.29, 1.82) is 0 Å². The SMILES string of the molecule is COCCN(CCC(N)=NO)c1nc(C)c(C)s1. The Labute approximate surface area is 111 Å². The number of amidine groups is 1. The van der Waals surface area contributed by atoms with E-state index in [0.717, 1.165) is 17.4 Å². The zero-order valence-electron chi connectivity index (χ0n) is 11.0. The first-order valence-electron chi connectivity index (χ1n) is 5.72. The average molecular weight is 272 g/mol. The summed E-state index contributed by atoms with van der Waals surface area (Å²) in [6.45, 7) is 6.06. The van der Waals surface area contributed by atoms with Gasteiger partial charge in [0.05, 0.1) is 12.3 Å². The Balaban J connectivity index is 2.71. The summed E-state index contributed by atoms with van der Waals surface area (Å²) in [5, 5.41) is 12.5. The highest BCUT2D eigenvalue weighted by atomic mass is 32.1. The van der Waals surface area contributed by atoms with Crippen LogP contribution in [-0.4, -0.2) is 42.8 Å². The van der Waals surface area contributed by atoms with Gasteiger partial charge in [-0.25, -0.2) is 4.98 Å². The first-order valence-corrected chi connectivity index (χ1v) is 6.54. The van der Waals surface area contributed by atoms with E-state index in [1.54, 1.807) is 18.4 Å². The Kier molecular flexibility index (Phi) is 5.87. The predicted octanol–water partition coefficient (Wildman–Crippen LogP) is 1.35. The number of methoxy groups -OCH3 is 1. The van der Waals surface area contributed by atoms with Crippen LogP contribution in [0.1, 0.15) is 17.0 Å². The van der Waals surface area contributed by atoms with Crippen LogP contribution in [0, 0.1) is 13.8 Å². The zero-order chi connectivity index (χ0) is 13.5. The summed E-state index contributed by atoms with van der Waals surface area (Å²) in [4.78, 5) is 7.81. The lowest BCUT2D eigenvalue weighted by molar-refractivity contribution is 0.205.